The number of nitrogens with one attached hydrogen (secondary N) is 2. The van der Waals surface area contributed by atoms with Gasteiger partial charge in [-0.25, -0.2) is 0 Å². The summed E-state index contributed by atoms with van der Waals surface area (Å²) in [5, 5.41) is 8.83. The maximum Gasteiger partial charge on any atom is 0.220 e. The summed E-state index contributed by atoms with van der Waals surface area (Å²) in [5.41, 5.74) is 2.04. The van der Waals surface area contributed by atoms with Crippen molar-refractivity contribution >= 4 is 34.1 Å². The topological polar surface area (TPSA) is 54.0 Å². The summed E-state index contributed by atoms with van der Waals surface area (Å²) < 4.78 is 0. The number of benzene rings is 1. The minimum Gasteiger partial charge on any atom is -0.382 e. The van der Waals surface area contributed by atoms with E-state index >= 15 is 0 Å². The second kappa shape index (κ2) is 9.80. The van der Waals surface area contributed by atoms with Gasteiger partial charge in [-0.1, -0.05) is 37.3 Å². The molecule has 2 aliphatic carbocycles. The van der Waals surface area contributed by atoms with Crippen molar-refractivity contribution in [2.45, 2.75) is 82.7 Å². The van der Waals surface area contributed by atoms with Crippen molar-refractivity contribution in [1.29, 1.82) is 0 Å². The largest absolute Gasteiger partial charge is 0.382 e. The van der Waals surface area contributed by atoms with E-state index in [-0.39, 0.29) is 5.91 Å². The summed E-state index contributed by atoms with van der Waals surface area (Å²) in [6, 6.07) is 8.66. The molecule has 0 atom stereocenters. The minimum absolute atomic E-state index is 0.269. The summed E-state index contributed by atoms with van der Waals surface area (Å²) >= 11 is 6.10. The quantitative estimate of drug-likeness (QED) is 0.583. The molecular weight excluding hydrogens is 382 g/mol. The predicted octanol–water partition coefficient (Wildman–Crippen LogP) is 6.09. The number of pyridine rings is 1. The van der Waals surface area contributed by atoms with E-state index in [2.05, 4.69) is 15.6 Å². The SMILES string of the molecule is O=C(CC1CCCCCC1)N[C@H]1CC[C@@H](Nc2ccnc3cc(Cl)ccc23)CC1. The first-order chi connectivity index (χ1) is 14.2. The average molecular weight is 414 g/mol. The lowest BCUT2D eigenvalue weighted by molar-refractivity contribution is -0.123. The van der Waals surface area contributed by atoms with Crippen LogP contribution in [0.15, 0.2) is 30.5 Å². The van der Waals surface area contributed by atoms with Crippen molar-refractivity contribution in [3.8, 4) is 0 Å². The van der Waals surface area contributed by atoms with Crippen LogP contribution in [-0.4, -0.2) is 23.0 Å². The van der Waals surface area contributed by atoms with Crippen LogP contribution in [0.2, 0.25) is 5.02 Å². The molecule has 5 heteroatoms. The van der Waals surface area contributed by atoms with Gasteiger partial charge in [0.1, 0.15) is 0 Å². The van der Waals surface area contributed by atoms with Gasteiger partial charge in [0, 0.05) is 40.8 Å². The highest BCUT2D eigenvalue weighted by Gasteiger charge is 2.24. The Morgan fingerprint density at radius 3 is 2.45 bits per heavy atom. The lowest BCUT2D eigenvalue weighted by atomic mass is 9.90. The van der Waals surface area contributed by atoms with Crippen molar-refractivity contribution in [2.24, 2.45) is 5.92 Å². The Balaban J connectivity index is 1.26. The normalized spacial score (nSPS) is 23.5. The first-order valence-electron chi connectivity index (χ1n) is 11.3. The Kier molecular flexibility index (Phi) is 6.91. The lowest BCUT2D eigenvalue weighted by Crippen LogP contribution is -2.40. The molecule has 29 heavy (non-hydrogen) atoms. The van der Waals surface area contributed by atoms with Crippen LogP contribution in [0, 0.1) is 5.92 Å². The molecule has 0 unspecified atom stereocenters. The minimum atomic E-state index is 0.269. The zero-order chi connectivity index (χ0) is 20.1. The molecule has 1 aromatic heterocycles. The molecule has 2 aromatic rings. The van der Waals surface area contributed by atoms with Gasteiger partial charge in [-0.05, 0) is 68.7 Å². The van der Waals surface area contributed by atoms with Crippen LogP contribution in [0.3, 0.4) is 0 Å². The fraction of sp³-hybridized carbons (Fsp3) is 0.583. The molecule has 2 aliphatic rings. The first-order valence-corrected chi connectivity index (χ1v) is 11.7. The smallest absolute Gasteiger partial charge is 0.220 e. The molecule has 0 saturated heterocycles. The van der Waals surface area contributed by atoms with Crippen LogP contribution in [-0.2, 0) is 4.79 Å². The maximum absolute atomic E-state index is 12.5. The number of carbonyl (C=O) groups excluding carboxylic acids is 1. The maximum atomic E-state index is 12.5. The first kappa shape index (κ1) is 20.5. The van der Waals surface area contributed by atoms with Gasteiger partial charge in [-0.15, -0.1) is 0 Å². The number of fused-ring (bicyclic) bond motifs is 1. The molecule has 0 radical (unpaired) electrons. The zero-order valence-electron chi connectivity index (χ0n) is 17.1. The number of halogens is 1. The summed E-state index contributed by atoms with van der Waals surface area (Å²) in [6.45, 7) is 0. The number of aromatic nitrogens is 1. The van der Waals surface area contributed by atoms with Crippen LogP contribution in [0.4, 0.5) is 5.69 Å². The van der Waals surface area contributed by atoms with Crippen LogP contribution >= 0.6 is 11.6 Å². The van der Waals surface area contributed by atoms with Gasteiger partial charge in [0.15, 0.2) is 0 Å². The Morgan fingerprint density at radius 1 is 0.966 bits per heavy atom. The van der Waals surface area contributed by atoms with Gasteiger partial charge in [0.2, 0.25) is 5.91 Å². The fourth-order valence-corrected chi connectivity index (χ4v) is 5.13. The van der Waals surface area contributed by atoms with E-state index in [1.165, 1.54) is 38.5 Å². The number of rotatable bonds is 5. The number of anilines is 1. The Labute approximate surface area is 178 Å². The van der Waals surface area contributed by atoms with Gasteiger partial charge >= 0.3 is 0 Å². The third kappa shape index (κ3) is 5.63. The standard InChI is InChI=1S/C24H32ClN3O/c25-18-7-12-21-22(13-14-26-23(21)16-18)27-19-8-10-20(11-9-19)28-24(29)15-17-5-3-1-2-4-6-17/h7,12-14,16-17,19-20H,1-6,8-11,15H2,(H,26,27)(H,28,29)/t19-,20+. The predicted molar refractivity (Wildman–Crippen MR) is 120 cm³/mol. The van der Waals surface area contributed by atoms with E-state index in [1.807, 2.05) is 30.5 Å². The third-order valence-electron chi connectivity index (χ3n) is 6.61. The number of amides is 1. The van der Waals surface area contributed by atoms with Crippen molar-refractivity contribution in [3.63, 3.8) is 0 Å². The number of hydrogen-bond acceptors (Lipinski definition) is 3. The molecule has 2 N–H and O–H groups in total. The summed E-state index contributed by atoms with van der Waals surface area (Å²) in [7, 11) is 0. The number of hydrogen-bond donors (Lipinski definition) is 2. The molecule has 0 bridgehead atoms. The molecule has 2 saturated carbocycles. The Morgan fingerprint density at radius 2 is 1.69 bits per heavy atom. The molecule has 0 spiro atoms. The van der Waals surface area contributed by atoms with Gasteiger partial charge < -0.3 is 10.6 Å². The highest BCUT2D eigenvalue weighted by atomic mass is 35.5. The van der Waals surface area contributed by atoms with E-state index < -0.39 is 0 Å². The fourth-order valence-electron chi connectivity index (χ4n) is 4.97. The Hall–Kier alpha value is -1.81. The van der Waals surface area contributed by atoms with Crippen molar-refractivity contribution in [3.05, 3.63) is 35.5 Å². The molecule has 4 rings (SSSR count). The zero-order valence-corrected chi connectivity index (χ0v) is 17.9. The van der Waals surface area contributed by atoms with E-state index in [9.17, 15) is 4.79 Å². The van der Waals surface area contributed by atoms with Gasteiger partial charge in [0.05, 0.1) is 5.52 Å². The average Bonchev–Trinajstić information content (AvgIpc) is 2.98. The molecule has 1 heterocycles. The van der Waals surface area contributed by atoms with Crippen molar-refractivity contribution in [1.82, 2.24) is 10.3 Å². The number of nitrogens with zero attached hydrogens (tertiary/aromatic N) is 1. The van der Waals surface area contributed by atoms with Crippen LogP contribution in [0.1, 0.15) is 70.6 Å². The van der Waals surface area contributed by atoms with Crippen LogP contribution in [0.25, 0.3) is 10.9 Å². The van der Waals surface area contributed by atoms with Crippen LogP contribution < -0.4 is 10.6 Å². The number of carbonyl (C=O) groups is 1. The highest BCUT2D eigenvalue weighted by Crippen LogP contribution is 2.29. The lowest BCUT2D eigenvalue weighted by Gasteiger charge is -2.31. The third-order valence-corrected chi connectivity index (χ3v) is 6.84. The van der Waals surface area contributed by atoms with Crippen LogP contribution in [0.5, 0.6) is 0 Å². The molecule has 1 aromatic carbocycles. The monoisotopic (exact) mass is 413 g/mol. The summed E-state index contributed by atoms with van der Waals surface area (Å²) in [4.78, 5) is 16.9. The highest BCUT2D eigenvalue weighted by molar-refractivity contribution is 6.31. The summed E-state index contributed by atoms with van der Waals surface area (Å²) in [5.74, 6) is 0.870. The molecule has 1 amide bonds. The van der Waals surface area contributed by atoms with Crippen molar-refractivity contribution in [2.75, 3.05) is 5.32 Å². The molecular formula is C24H32ClN3O. The molecule has 156 valence electrons. The molecule has 0 aliphatic heterocycles. The second-order valence-electron chi connectivity index (χ2n) is 8.84. The van der Waals surface area contributed by atoms with Gasteiger partial charge in [0.25, 0.3) is 0 Å². The van der Waals surface area contributed by atoms with Gasteiger partial charge in [-0.2, -0.15) is 0 Å². The molecule has 4 nitrogen and oxygen atoms in total. The Bertz CT molecular complexity index is 824. The van der Waals surface area contributed by atoms with Crippen molar-refractivity contribution < 1.29 is 4.79 Å². The van der Waals surface area contributed by atoms with E-state index in [4.69, 9.17) is 11.6 Å². The van der Waals surface area contributed by atoms with E-state index in [0.29, 0.717) is 23.0 Å². The summed E-state index contributed by atoms with van der Waals surface area (Å²) in [6.07, 6.45) is 14.5. The molecule has 2 fully saturated rings. The second-order valence-corrected chi connectivity index (χ2v) is 9.28. The van der Waals surface area contributed by atoms with E-state index in [1.54, 1.807) is 0 Å². The van der Waals surface area contributed by atoms with E-state index in [0.717, 1.165) is 48.7 Å². The van der Waals surface area contributed by atoms with Gasteiger partial charge in [-0.3, -0.25) is 9.78 Å².